The highest BCUT2D eigenvalue weighted by Crippen LogP contribution is 2.34. The van der Waals surface area contributed by atoms with Gasteiger partial charge in [0.05, 0.1) is 4.92 Å². The average Bonchev–Trinajstić information content (AvgIpc) is 3.24. The van der Waals surface area contributed by atoms with E-state index in [4.69, 9.17) is 0 Å². The van der Waals surface area contributed by atoms with Crippen LogP contribution in [0.3, 0.4) is 0 Å². The van der Waals surface area contributed by atoms with E-state index in [9.17, 15) is 10.1 Å². The summed E-state index contributed by atoms with van der Waals surface area (Å²) >= 11 is 0. The van der Waals surface area contributed by atoms with Gasteiger partial charge < -0.3 is 5.32 Å². The van der Waals surface area contributed by atoms with E-state index in [2.05, 4.69) is 12.2 Å². The molecule has 19 heavy (non-hydrogen) atoms. The van der Waals surface area contributed by atoms with Crippen molar-refractivity contribution in [2.24, 2.45) is 5.92 Å². The van der Waals surface area contributed by atoms with E-state index in [-0.39, 0.29) is 10.6 Å². The van der Waals surface area contributed by atoms with Crippen molar-refractivity contribution < 1.29 is 4.92 Å². The smallest absolute Gasteiger partial charge is 0.269 e. The van der Waals surface area contributed by atoms with E-state index in [1.54, 1.807) is 12.1 Å². The molecule has 1 aliphatic rings. The number of non-ortho nitro benzene ring substituents is 1. The van der Waals surface area contributed by atoms with Crippen molar-refractivity contribution in [1.82, 2.24) is 5.32 Å². The van der Waals surface area contributed by atoms with E-state index in [0.717, 1.165) is 25.3 Å². The lowest BCUT2D eigenvalue weighted by Crippen LogP contribution is -2.32. The van der Waals surface area contributed by atoms with E-state index < -0.39 is 0 Å². The first kappa shape index (κ1) is 14.0. The molecule has 104 valence electrons. The molecule has 2 rings (SSSR count). The number of hydrogen-bond acceptors (Lipinski definition) is 3. The van der Waals surface area contributed by atoms with Crippen LogP contribution in [0.5, 0.6) is 0 Å². The Morgan fingerprint density at radius 3 is 2.58 bits per heavy atom. The second-order valence-electron chi connectivity index (χ2n) is 5.36. The first-order valence-electron chi connectivity index (χ1n) is 7.17. The molecule has 0 aromatic heterocycles. The molecule has 1 atom stereocenters. The first-order chi connectivity index (χ1) is 9.20. The number of nitrogens with zero attached hydrogens (tertiary/aromatic N) is 1. The molecule has 0 radical (unpaired) electrons. The quantitative estimate of drug-likeness (QED) is 0.577. The minimum Gasteiger partial charge on any atom is -0.314 e. The molecule has 0 amide bonds. The van der Waals surface area contributed by atoms with Gasteiger partial charge in [-0.15, -0.1) is 0 Å². The molecule has 1 aromatic rings. The van der Waals surface area contributed by atoms with Crippen LogP contribution in [0, 0.1) is 16.0 Å². The highest BCUT2D eigenvalue weighted by molar-refractivity contribution is 5.32. The molecular weight excluding hydrogens is 240 g/mol. The van der Waals surface area contributed by atoms with Crippen molar-refractivity contribution in [3.8, 4) is 0 Å². The van der Waals surface area contributed by atoms with Crippen LogP contribution in [0.25, 0.3) is 0 Å². The van der Waals surface area contributed by atoms with Gasteiger partial charge in [0.25, 0.3) is 5.69 Å². The van der Waals surface area contributed by atoms with Gasteiger partial charge in [0, 0.05) is 18.2 Å². The van der Waals surface area contributed by atoms with Crippen LogP contribution < -0.4 is 5.32 Å². The summed E-state index contributed by atoms with van der Waals surface area (Å²) in [7, 11) is 0. The average molecular weight is 262 g/mol. The largest absolute Gasteiger partial charge is 0.314 e. The maximum absolute atomic E-state index is 10.6. The molecule has 1 aromatic carbocycles. The number of benzene rings is 1. The molecule has 0 bridgehead atoms. The van der Waals surface area contributed by atoms with Crippen molar-refractivity contribution in [3.63, 3.8) is 0 Å². The van der Waals surface area contributed by atoms with E-state index in [1.807, 2.05) is 12.1 Å². The minimum atomic E-state index is -0.348. The maximum Gasteiger partial charge on any atom is 0.269 e. The van der Waals surface area contributed by atoms with Gasteiger partial charge in [0.2, 0.25) is 0 Å². The minimum absolute atomic E-state index is 0.173. The Balaban J connectivity index is 1.84. The standard InChI is InChI=1S/C15H22N2O2/c1-2-11-16-15(13-6-7-13)10-5-12-3-8-14(9-4-12)17(18)19/h3-4,8-9,13,15-16H,2,5-7,10-11H2,1H3. The molecule has 0 saturated heterocycles. The molecule has 1 aliphatic carbocycles. The second-order valence-corrected chi connectivity index (χ2v) is 5.36. The molecule has 1 fully saturated rings. The number of nitrogens with one attached hydrogen (secondary N) is 1. The second kappa shape index (κ2) is 6.66. The molecule has 4 heteroatoms. The Kier molecular flexibility index (Phi) is 4.91. The molecule has 1 saturated carbocycles. The fraction of sp³-hybridized carbons (Fsp3) is 0.600. The molecule has 0 spiro atoms. The van der Waals surface area contributed by atoms with Crippen LogP contribution in [0.4, 0.5) is 5.69 Å². The number of rotatable bonds is 8. The van der Waals surface area contributed by atoms with Crippen LogP contribution in [-0.4, -0.2) is 17.5 Å². The Bertz CT molecular complexity index is 413. The first-order valence-corrected chi connectivity index (χ1v) is 7.17. The number of nitro groups is 1. The highest BCUT2D eigenvalue weighted by Gasteiger charge is 2.30. The van der Waals surface area contributed by atoms with Crippen LogP contribution in [-0.2, 0) is 6.42 Å². The lowest BCUT2D eigenvalue weighted by Gasteiger charge is -2.17. The van der Waals surface area contributed by atoms with Gasteiger partial charge in [-0.3, -0.25) is 10.1 Å². The molecular formula is C15H22N2O2. The SMILES string of the molecule is CCCNC(CCc1ccc([N+](=O)[O-])cc1)C1CC1. The third-order valence-electron chi connectivity index (χ3n) is 3.74. The topological polar surface area (TPSA) is 55.2 Å². The summed E-state index contributed by atoms with van der Waals surface area (Å²) < 4.78 is 0. The lowest BCUT2D eigenvalue weighted by molar-refractivity contribution is -0.384. The molecule has 1 N–H and O–H groups in total. The predicted octanol–water partition coefficient (Wildman–Crippen LogP) is 3.31. The zero-order chi connectivity index (χ0) is 13.7. The summed E-state index contributed by atoms with van der Waals surface area (Å²) in [5.74, 6) is 0.851. The Hall–Kier alpha value is -1.42. The van der Waals surface area contributed by atoms with Crippen molar-refractivity contribution in [2.75, 3.05) is 6.54 Å². The van der Waals surface area contributed by atoms with Crippen molar-refractivity contribution >= 4 is 5.69 Å². The van der Waals surface area contributed by atoms with Gasteiger partial charge in [-0.05, 0) is 50.1 Å². The van der Waals surface area contributed by atoms with Gasteiger partial charge in [-0.1, -0.05) is 19.1 Å². The highest BCUT2D eigenvalue weighted by atomic mass is 16.6. The third kappa shape index (κ3) is 4.31. The van der Waals surface area contributed by atoms with Gasteiger partial charge >= 0.3 is 0 Å². The van der Waals surface area contributed by atoms with E-state index >= 15 is 0 Å². The summed E-state index contributed by atoms with van der Waals surface area (Å²) in [4.78, 5) is 10.2. The van der Waals surface area contributed by atoms with Crippen molar-refractivity contribution in [3.05, 3.63) is 39.9 Å². The Labute approximate surface area is 114 Å². The van der Waals surface area contributed by atoms with Crippen LogP contribution in [0.15, 0.2) is 24.3 Å². The van der Waals surface area contributed by atoms with Crippen molar-refractivity contribution in [1.29, 1.82) is 0 Å². The normalized spacial score (nSPS) is 16.3. The van der Waals surface area contributed by atoms with Crippen LogP contribution >= 0.6 is 0 Å². The van der Waals surface area contributed by atoms with Crippen molar-refractivity contribution in [2.45, 2.75) is 45.1 Å². The summed E-state index contributed by atoms with van der Waals surface area (Å²) in [6.45, 7) is 3.27. The van der Waals surface area contributed by atoms with Crippen LogP contribution in [0.2, 0.25) is 0 Å². The summed E-state index contributed by atoms with van der Waals surface area (Å²) in [5.41, 5.74) is 1.36. The summed E-state index contributed by atoms with van der Waals surface area (Å²) in [6, 6.07) is 7.57. The van der Waals surface area contributed by atoms with Crippen LogP contribution in [0.1, 0.15) is 38.2 Å². The van der Waals surface area contributed by atoms with Gasteiger partial charge in [-0.2, -0.15) is 0 Å². The zero-order valence-corrected chi connectivity index (χ0v) is 11.5. The number of hydrogen-bond donors (Lipinski definition) is 1. The number of aryl methyl sites for hydroxylation is 1. The summed E-state index contributed by atoms with van der Waals surface area (Å²) in [6.07, 6.45) is 5.99. The maximum atomic E-state index is 10.6. The van der Waals surface area contributed by atoms with Gasteiger partial charge in [0.1, 0.15) is 0 Å². The number of nitro benzene ring substituents is 1. The van der Waals surface area contributed by atoms with E-state index in [1.165, 1.54) is 24.8 Å². The predicted molar refractivity (Wildman–Crippen MR) is 76.2 cm³/mol. The fourth-order valence-electron chi connectivity index (χ4n) is 2.44. The van der Waals surface area contributed by atoms with E-state index in [0.29, 0.717) is 6.04 Å². The monoisotopic (exact) mass is 262 g/mol. The molecule has 0 aliphatic heterocycles. The zero-order valence-electron chi connectivity index (χ0n) is 11.5. The fourth-order valence-corrected chi connectivity index (χ4v) is 2.44. The van der Waals surface area contributed by atoms with Gasteiger partial charge in [0.15, 0.2) is 0 Å². The molecule has 0 heterocycles. The van der Waals surface area contributed by atoms with Gasteiger partial charge in [-0.25, -0.2) is 0 Å². The Morgan fingerprint density at radius 1 is 1.37 bits per heavy atom. The molecule has 1 unspecified atom stereocenters. The molecule has 4 nitrogen and oxygen atoms in total. The summed E-state index contributed by atoms with van der Waals surface area (Å²) in [5, 5.41) is 14.2. The lowest BCUT2D eigenvalue weighted by atomic mass is 10.0. The third-order valence-corrected chi connectivity index (χ3v) is 3.74. The Morgan fingerprint density at radius 2 is 2.05 bits per heavy atom.